The summed E-state index contributed by atoms with van der Waals surface area (Å²) in [7, 11) is -2.00. The van der Waals surface area contributed by atoms with Gasteiger partial charge in [0.05, 0.1) is 12.3 Å². The molecule has 3 nitrogen and oxygen atoms in total. The molecule has 4 aromatic rings. The maximum atomic E-state index is 6.06. The zero-order chi connectivity index (χ0) is 22.0. The lowest BCUT2D eigenvalue weighted by Gasteiger charge is -2.31. The molecule has 0 bridgehead atoms. The van der Waals surface area contributed by atoms with E-state index in [1.807, 2.05) is 20.0 Å². The van der Waals surface area contributed by atoms with E-state index in [0.717, 1.165) is 23.2 Å². The second kappa shape index (κ2) is 10.1. The highest BCUT2D eigenvalue weighted by atomic mass is 35.5. The number of nitrogens with zero attached hydrogens (tertiary/aromatic N) is 1. The van der Waals surface area contributed by atoms with E-state index in [1.54, 1.807) is 0 Å². The van der Waals surface area contributed by atoms with Gasteiger partial charge >= 0.3 is 0 Å². The first-order valence-corrected chi connectivity index (χ1v) is 13.0. The van der Waals surface area contributed by atoms with E-state index >= 15 is 0 Å². The molecule has 1 atom stereocenters. The molecule has 1 aliphatic rings. The van der Waals surface area contributed by atoms with Gasteiger partial charge in [-0.3, -0.25) is 4.98 Å². The molecule has 33 heavy (non-hydrogen) atoms. The summed E-state index contributed by atoms with van der Waals surface area (Å²) < 4.78 is 12.0. The van der Waals surface area contributed by atoms with Crippen LogP contribution in [-0.4, -0.2) is 11.3 Å². The Hall–Kier alpha value is -2.71. The van der Waals surface area contributed by atoms with E-state index in [0.29, 0.717) is 6.61 Å². The van der Waals surface area contributed by atoms with Crippen molar-refractivity contribution in [3.63, 3.8) is 0 Å². The molecule has 0 N–H and O–H groups in total. The SMILES string of the molecule is Cc1ncc(C[P+](c2ccccc2)(c2ccccc2)c2ccccc2)c2c1OC(C)OC2.[Cl-]. The summed E-state index contributed by atoms with van der Waals surface area (Å²) in [6.07, 6.45) is 2.64. The number of pyridine rings is 1. The van der Waals surface area contributed by atoms with E-state index in [9.17, 15) is 0 Å². The number of benzene rings is 3. The first-order chi connectivity index (χ1) is 15.7. The van der Waals surface area contributed by atoms with E-state index < -0.39 is 7.26 Å². The third-order valence-corrected chi connectivity index (χ3v) is 10.5. The van der Waals surface area contributed by atoms with Crippen LogP contribution in [0, 0.1) is 6.92 Å². The predicted molar refractivity (Wildman–Crippen MR) is 133 cm³/mol. The zero-order valence-corrected chi connectivity index (χ0v) is 20.5. The Morgan fingerprint density at radius 3 is 1.79 bits per heavy atom. The van der Waals surface area contributed by atoms with Crippen molar-refractivity contribution in [1.82, 2.24) is 4.98 Å². The number of ether oxygens (including phenoxy) is 2. The Morgan fingerprint density at radius 1 is 0.818 bits per heavy atom. The minimum atomic E-state index is -2.00. The first kappa shape index (κ1) is 23.4. The Morgan fingerprint density at radius 2 is 1.30 bits per heavy atom. The average Bonchev–Trinajstić information content (AvgIpc) is 2.86. The third-order valence-electron chi connectivity index (χ3n) is 6.15. The van der Waals surface area contributed by atoms with E-state index in [4.69, 9.17) is 14.5 Å². The van der Waals surface area contributed by atoms with Crippen molar-refractivity contribution in [2.24, 2.45) is 0 Å². The molecule has 0 spiro atoms. The molecular weight excluding hydrogens is 449 g/mol. The van der Waals surface area contributed by atoms with E-state index in [1.165, 1.54) is 21.5 Å². The quantitative estimate of drug-likeness (QED) is 0.414. The minimum Gasteiger partial charge on any atom is -1.00 e. The fourth-order valence-corrected chi connectivity index (χ4v) is 8.82. The van der Waals surface area contributed by atoms with Crippen LogP contribution in [-0.2, 0) is 17.5 Å². The summed E-state index contributed by atoms with van der Waals surface area (Å²) in [5.74, 6) is 0.883. The lowest BCUT2D eigenvalue weighted by atomic mass is 10.1. The summed E-state index contributed by atoms with van der Waals surface area (Å²) in [5.41, 5.74) is 3.24. The number of halogens is 1. The lowest BCUT2D eigenvalue weighted by molar-refractivity contribution is -0.0953. The van der Waals surface area contributed by atoms with Gasteiger partial charge in [-0.1, -0.05) is 54.6 Å². The van der Waals surface area contributed by atoms with Gasteiger partial charge in [0.1, 0.15) is 35.1 Å². The van der Waals surface area contributed by atoms with Crippen molar-refractivity contribution < 1.29 is 21.9 Å². The highest BCUT2D eigenvalue weighted by Gasteiger charge is 2.46. The van der Waals surface area contributed by atoms with Gasteiger partial charge in [-0.25, -0.2) is 0 Å². The number of hydrogen-bond acceptors (Lipinski definition) is 3. The summed E-state index contributed by atoms with van der Waals surface area (Å²) in [6.45, 7) is 4.49. The number of aromatic nitrogens is 1. The van der Waals surface area contributed by atoms with Gasteiger partial charge in [-0.2, -0.15) is 0 Å². The van der Waals surface area contributed by atoms with Gasteiger partial charge in [0.2, 0.25) is 0 Å². The zero-order valence-electron chi connectivity index (χ0n) is 18.8. The molecule has 168 valence electrons. The molecule has 5 heteroatoms. The Bertz CT molecular complexity index is 1110. The molecule has 0 aliphatic carbocycles. The number of hydrogen-bond donors (Lipinski definition) is 0. The molecule has 1 aliphatic heterocycles. The fourth-order valence-electron chi connectivity index (χ4n) is 4.55. The van der Waals surface area contributed by atoms with Crippen LogP contribution in [0.25, 0.3) is 0 Å². The van der Waals surface area contributed by atoms with Crippen LogP contribution in [0.3, 0.4) is 0 Å². The maximum absolute atomic E-state index is 6.06. The minimum absolute atomic E-state index is 0. The lowest BCUT2D eigenvalue weighted by Crippen LogP contribution is -3.00. The van der Waals surface area contributed by atoms with Crippen LogP contribution in [0.1, 0.15) is 23.7 Å². The summed E-state index contributed by atoms with van der Waals surface area (Å²) in [4.78, 5) is 4.73. The normalized spacial score (nSPS) is 15.2. The highest BCUT2D eigenvalue weighted by Crippen LogP contribution is 2.58. The van der Waals surface area contributed by atoms with Crippen LogP contribution in [0.4, 0.5) is 0 Å². The van der Waals surface area contributed by atoms with Crippen molar-refractivity contribution in [2.45, 2.75) is 32.9 Å². The van der Waals surface area contributed by atoms with Crippen LogP contribution in [0.2, 0.25) is 0 Å². The summed E-state index contributed by atoms with van der Waals surface area (Å²) in [6, 6.07) is 32.8. The molecule has 0 amide bonds. The Balaban J connectivity index is 0.00000259. The summed E-state index contributed by atoms with van der Waals surface area (Å²) >= 11 is 0. The topological polar surface area (TPSA) is 31.4 Å². The van der Waals surface area contributed by atoms with Crippen molar-refractivity contribution in [3.8, 4) is 5.75 Å². The standard InChI is InChI=1S/C28H27NO2P.ClH/c1-21-28-27(19-30-22(2)31-28)23(18-29-21)20-32(24-12-6-3-7-13-24,25-14-8-4-9-15-25)26-16-10-5-11-17-26;/h3-18,22H,19-20H2,1-2H3;1H/q+1;/p-1. The van der Waals surface area contributed by atoms with E-state index in [-0.39, 0.29) is 18.7 Å². The number of aryl methyl sites for hydroxylation is 1. The average molecular weight is 476 g/mol. The number of fused-ring (bicyclic) bond motifs is 1. The fraction of sp³-hybridized carbons (Fsp3) is 0.179. The van der Waals surface area contributed by atoms with Gasteiger partial charge in [0, 0.05) is 17.3 Å². The molecule has 0 saturated heterocycles. The summed E-state index contributed by atoms with van der Waals surface area (Å²) in [5, 5.41) is 4.08. The largest absolute Gasteiger partial charge is 1.00 e. The molecule has 1 aromatic heterocycles. The van der Waals surface area contributed by atoms with Crippen molar-refractivity contribution in [2.75, 3.05) is 0 Å². The smallest absolute Gasteiger partial charge is 0.197 e. The molecule has 2 heterocycles. The van der Waals surface area contributed by atoms with Gasteiger partial charge in [0.15, 0.2) is 6.29 Å². The van der Waals surface area contributed by atoms with Crippen LogP contribution in [0.15, 0.2) is 97.2 Å². The van der Waals surface area contributed by atoms with Crippen molar-refractivity contribution >= 4 is 23.2 Å². The monoisotopic (exact) mass is 475 g/mol. The van der Waals surface area contributed by atoms with Crippen molar-refractivity contribution in [1.29, 1.82) is 0 Å². The van der Waals surface area contributed by atoms with Crippen LogP contribution >= 0.6 is 7.26 Å². The molecular formula is C28H27ClNO2P. The van der Waals surface area contributed by atoms with Gasteiger partial charge in [-0.15, -0.1) is 0 Å². The highest BCUT2D eigenvalue weighted by molar-refractivity contribution is 7.95. The van der Waals surface area contributed by atoms with Gasteiger partial charge in [-0.05, 0) is 50.2 Å². The molecule has 3 aromatic carbocycles. The Labute approximate surface area is 202 Å². The second-order valence-corrected chi connectivity index (χ2v) is 11.6. The molecule has 1 unspecified atom stereocenters. The van der Waals surface area contributed by atoms with Crippen molar-refractivity contribution in [3.05, 3.63) is 114 Å². The maximum Gasteiger partial charge on any atom is 0.197 e. The van der Waals surface area contributed by atoms with Crippen LogP contribution < -0.4 is 33.1 Å². The number of rotatable bonds is 5. The predicted octanol–water partition coefficient (Wildman–Crippen LogP) is 2.14. The first-order valence-electron chi connectivity index (χ1n) is 11.0. The third kappa shape index (κ3) is 4.42. The second-order valence-electron chi connectivity index (χ2n) is 8.15. The van der Waals surface area contributed by atoms with Crippen LogP contribution in [0.5, 0.6) is 5.75 Å². The molecule has 0 fully saturated rings. The van der Waals surface area contributed by atoms with E-state index in [2.05, 4.69) is 91.0 Å². The van der Waals surface area contributed by atoms with Gasteiger partial charge in [0.25, 0.3) is 0 Å². The molecule has 5 rings (SSSR count). The molecule has 0 saturated carbocycles. The molecule has 0 radical (unpaired) electrons. The van der Waals surface area contributed by atoms with Gasteiger partial charge < -0.3 is 21.9 Å². The Kier molecular flexibility index (Phi) is 7.14.